The number of pyridine rings is 1. The molecule has 29 heavy (non-hydrogen) atoms. The molecule has 0 radical (unpaired) electrons. The number of carbonyl (C=O) groups excluding carboxylic acids is 1. The Morgan fingerprint density at radius 1 is 1.07 bits per heavy atom. The lowest BCUT2D eigenvalue weighted by Crippen LogP contribution is -2.15. The molecule has 2 heterocycles. The third kappa shape index (κ3) is 3.44. The van der Waals surface area contributed by atoms with Crippen molar-refractivity contribution in [1.29, 1.82) is 0 Å². The first kappa shape index (κ1) is 20.4. The Labute approximate surface area is 163 Å². The van der Waals surface area contributed by atoms with Gasteiger partial charge in [-0.3, -0.25) is 4.79 Å². The first-order valence-electron chi connectivity index (χ1n) is 7.89. The Morgan fingerprint density at radius 3 is 2.21 bits per heavy atom. The van der Waals surface area contributed by atoms with E-state index in [1.807, 2.05) is 0 Å². The molecule has 0 amide bonds. The summed E-state index contributed by atoms with van der Waals surface area (Å²) >= 11 is 0. The smallest absolute Gasteiger partial charge is 0.269 e. The normalized spacial score (nSPS) is 11.3. The zero-order valence-electron chi connectivity index (χ0n) is 15.0. The molecule has 3 rings (SSSR count). The second kappa shape index (κ2) is 7.59. The van der Waals surface area contributed by atoms with Crippen molar-refractivity contribution in [3.05, 3.63) is 59.7 Å². The zero-order chi connectivity index (χ0) is 21.3. The maximum atomic E-state index is 14.4. The van der Waals surface area contributed by atoms with Crippen LogP contribution in [-0.4, -0.2) is 37.9 Å². The second-order valence-corrected chi connectivity index (χ2v) is 7.48. The number of benzene rings is 1. The number of halogens is 3. The van der Waals surface area contributed by atoms with Gasteiger partial charge < -0.3 is 9.47 Å². The van der Waals surface area contributed by atoms with E-state index >= 15 is 0 Å². The Balaban J connectivity index is 2.36. The number of aldehydes is 1. The maximum Gasteiger partial charge on any atom is 0.269 e. The number of aromatic nitrogens is 2. The van der Waals surface area contributed by atoms with Gasteiger partial charge in [0.1, 0.15) is 28.0 Å². The first-order chi connectivity index (χ1) is 13.7. The highest BCUT2D eigenvalue weighted by Gasteiger charge is 2.31. The highest BCUT2D eigenvalue weighted by molar-refractivity contribution is 7.90. The quantitative estimate of drug-likeness (QED) is 0.563. The van der Waals surface area contributed by atoms with E-state index in [-0.39, 0.29) is 22.6 Å². The Kier molecular flexibility index (Phi) is 5.33. The number of ether oxygens (including phenoxy) is 2. The van der Waals surface area contributed by atoms with Gasteiger partial charge in [-0.05, 0) is 6.07 Å². The molecule has 0 aliphatic rings. The average molecular weight is 426 g/mol. The number of methoxy groups -OCH3 is 2. The molecule has 1 aromatic carbocycles. The van der Waals surface area contributed by atoms with Crippen LogP contribution in [0.15, 0.2) is 41.6 Å². The van der Waals surface area contributed by atoms with Gasteiger partial charge in [0.15, 0.2) is 12.0 Å². The van der Waals surface area contributed by atoms with Crippen LogP contribution in [0, 0.1) is 17.5 Å². The van der Waals surface area contributed by atoms with Crippen molar-refractivity contribution in [3.63, 3.8) is 0 Å². The van der Waals surface area contributed by atoms with Gasteiger partial charge in [0.2, 0.25) is 5.88 Å². The fourth-order valence-corrected chi connectivity index (χ4v) is 4.04. The van der Waals surface area contributed by atoms with Gasteiger partial charge in [-0.2, -0.15) is 0 Å². The Bertz CT molecular complexity index is 1170. The monoisotopic (exact) mass is 426 g/mol. The molecule has 11 heteroatoms. The van der Waals surface area contributed by atoms with Crippen molar-refractivity contribution in [2.75, 3.05) is 14.2 Å². The van der Waals surface area contributed by atoms with Gasteiger partial charge in [0, 0.05) is 24.4 Å². The molecule has 3 aromatic rings. The Morgan fingerprint density at radius 2 is 1.72 bits per heavy atom. The van der Waals surface area contributed by atoms with Crippen LogP contribution in [0.3, 0.4) is 0 Å². The van der Waals surface area contributed by atoms with Crippen LogP contribution in [0.2, 0.25) is 0 Å². The van der Waals surface area contributed by atoms with Crippen LogP contribution in [-0.2, 0) is 10.0 Å². The predicted octanol–water partition coefficient (Wildman–Crippen LogP) is 3.03. The maximum absolute atomic E-state index is 14.4. The Hall–Kier alpha value is -3.34. The van der Waals surface area contributed by atoms with E-state index in [4.69, 9.17) is 9.47 Å². The largest absolute Gasteiger partial charge is 0.494 e. The van der Waals surface area contributed by atoms with Crippen LogP contribution in [0.4, 0.5) is 13.2 Å². The molecule has 0 saturated carbocycles. The molecule has 152 valence electrons. The van der Waals surface area contributed by atoms with Gasteiger partial charge in [-0.1, -0.05) is 0 Å². The molecule has 0 N–H and O–H groups in total. The summed E-state index contributed by atoms with van der Waals surface area (Å²) in [5.74, 6) is -4.20. The standard InChI is InChI=1S/C18H13F3N2O5S/c1-27-15-4-3-12(7-22-15)29(25,26)23-8-10(9-24)18(28-2)17(23)16-13(20)5-11(19)6-14(16)21/h3-9H,1-2H3. The summed E-state index contributed by atoms with van der Waals surface area (Å²) in [4.78, 5) is 14.8. The number of hydrogen-bond donors (Lipinski definition) is 0. The molecule has 0 fully saturated rings. The third-order valence-corrected chi connectivity index (χ3v) is 5.65. The average Bonchev–Trinajstić information content (AvgIpc) is 3.06. The van der Waals surface area contributed by atoms with Crippen molar-refractivity contribution >= 4 is 16.3 Å². The topological polar surface area (TPSA) is 87.5 Å². The van der Waals surface area contributed by atoms with Crippen LogP contribution in [0.5, 0.6) is 11.6 Å². The zero-order valence-corrected chi connectivity index (χ0v) is 15.8. The molecule has 0 aliphatic carbocycles. The van der Waals surface area contributed by atoms with Crippen molar-refractivity contribution in [3.8, 4) is 22.9 Å². The van der Waals surface area contributed by atoms with E-state index in [2.05, 4.69) is 4.98 Å². The lowest BCUT2D eigenvalue weighted by atomic mass is 10.1. The van der Waals surface area contributed by atoms with E-state index in [1.54, 1.807) is 0 Å². The minimum atomic E-state index is -4.48. The summed E-state index contributed by atoms with van der Waals surface area (Å²) in [5, 5.41) is 0. The van der Waals surface area contributed by atoms with Crippen LogP contribution in [0.25, 0.3) is 11.3 Å². The molecule has 2 aromatic heterocycles. The molecular formula is C18H13F3N2O5S. The van der Waals surface area contributed by atoms with Gasteiger partial charge in [0.25, 0.3) is 10.0 Å². The molecule has 0 spiro atoms. The highest BCUT2D eigenvalue weighted by atomic mass is 32.2. The van der Waals surface area contributed by atoms with E-state index in [0.717, 1.165) is 25.6 Å². The van der Waals surface area contributed by atoms with Crippen LogP contribution >= 0.6 is 0 Å². The highest BCUT2D eigenvalue weighted by Crippen LogP contribution is 2.39. The van der Waals surface area contributed by atoms with Gasteiger partial charge in [0.05, 0.1) is 31.5 Å². The van der Waals surface area contributed by atoms with Gasteiger partial charge >= 0.3 is 0 Å². The summed E-state index contributed by atoms with van der Waals surface area (Å²) in [6, 6.07) is 3.21. The molecule has 0 unspecified atom stereocenters. The molecule has 7 nitrogen and oxygen atoms in total. The molecular weight excluding hydrogens is 413 g/mol. The predicted molar refractivity (Wildman–Crippen MR) is 95.1 cm³/mol. The molecule has 0 atom stereocenters. The first-order valence-corrected chi connectivity index (χ1v) is 9.33. The van der Waals surface area contributed by atoms with Crippen LogP contribution in [0.1, 0.15) is 10.4 Å². The van der Waals surface area contributed by atoms with Crippen molar-refractivity contribution in [1.82, 2.24) is 8.96 Å². The van der Waals surface area contributed by atoms with Crippen molar-refractivity contribution in [2.45, 2.75) is 4.90 Å². The number of hydrogen-bond acceptors (Lipinski definition) is 6. The lowest BCUT2D eigenvalue weighted by Gasteiger charge is -2.13. The van der Waals surface area contributed by atoms with Gasteiger partial charge in [-0.25, -0.2) is 30.5 Å². The van der Waals surface area contributed by atoms with E-state index in [1.165, 1.54) is 13.2 Å². The minimum absolute atomic E-state index is 0.137. The summed E-state index contributed by atoms with van der Waals surface area (Å²) < 4.78 is 78.8. The van der Waals surface area contributed by atoms with Crippen molar-refractivity contribution in [2.24, 2.45) is 0 Å². The van der Waals surface area contributed by atoms with E-state index < -0.39 is 44.5 Å². The lowest BCUT2D eigenvalue weighted by molar-refractivity contribution is 0.112. The molecule has 0 bridgehead atoms. The number of nitrogens with zero attached hydrogens (tertiary/aromatic N) is 2. The number of rotatable bonds is 6. The SMILES string of the molecule is COc1ccc(S(=O)(=O)n2cc(C=O)c(OC)c2-c2c(F)cc(F)cc2F)cn1. The van der Waals surface area contributed by atoms with E-state index in [0.29, 0.717) is 16.1 Å². The van der Waals surface area contributed by atoms with Crippen LogP contribution < -0.4 is 9.47 Å². The minimum Gasteiger partial charge on any atom is -0.494 e. The van der Waals surface area contributed by atoms with Gasteiger partial charge in [-0.15, -0.1) is 0 Å². The third-order valence-electron chi connectivity index (χ3n) is 4.00. The van der Waals surface area contributed by atoms with E-state index in [9.17, 15) is 26.4 Å². The molecule has 0 aliphatic heterocycles. The fraction of sp³-hybridized carbons (Fsp3) is 0.111. The summed E-state index contributed by atoms with van der Waals surface area (Å²) in [5.41, 5.74) is -1.77. The number of carbonyl (C=O) groups is 1. The van der Waals surface area contributed by atoms with Crippen molar-refractivity contribution < 1.29 is 35.9 Å². The molecule has 0 saturated heterocycles. The summed E-state index contributed by atoms with van der Waals surface area (Å²) in [6.45, 7) is 0. The second-order valence-electron chi connectivity index (χ2n) is 5.67. The summed E-state index contributed by atoms with van der Waals surface area (Å²) in [7, 11) is -2.05. The fourth-order valence-electron chi connectivity index (χ4n) is 2.72. The summed E-state index contributed by atoms with van der Waals surface area (Å²) in [6.07, 6.45) is 2.09.